The number of carbonyl (C=O) groups excluding carboxylic acids is 1. The summed E-state index contributed by atoms with van der Waals surface area (Å²) in [4.78, 5) is 19.9. The van der Waals surface area contributed by atoms with E-state index < -0.39 is 0 Å². The first-order valence-corrected chi connectivity index (χ1v) is 5.53. The van der Waals surface area contributed by atoms with Crippen molar-refractivity contribution in [3.05, 3.63) is 29.6 Å². The number of carbonyl (C=O) groups is 1. The number of nitrogens with zero attached hydrogens (tertiary/aromatic N) is 5. The Morgan fingerprint density at radius 1 is 1.47 bits per heavy atom. The molecule has 0 spiro atoms. The Morgan fingerprint density at radius 3 is 2.89 bits per heavy atom. The van der Waals surface area contributed by atoms with Crippen LogP contribution < -0.4 is 16.6 Å². The predicted octanol–water partition coefficient (Wildman–Crippen LogP) is -0.871. The lowest BCUT2D eigenvalue weighted by Gasteiger charge is -2.06. The summed E-state index contributed by atoms with van der Waals surface area (Å²) in [7, 11) is 1.80. The predicted molar refractivity (Wildman–Crippen MR) is 66.8 cm³/mol. The van der Waals surface area contributed by atoms with Crippen molar-refractivity contribution in [1.82, 2.24) is 30.0 Å². The number of aryl methyl sites for hydroxylation is 2. The van der Waals surface area contributed by atoms with Gasteiger partial charge in [-0.25, -0.2) is 15.8 Å². The van der Waals surface area contributed by atoms with Gasteiger partial charge in [-0.15, -0.1) is 10.2 Å². The zero-order chi connectivity index (χ0) is 13.8. The molecular weight excluding hydrogens is 248 g/mol. The van der Waals surface area contributed by atoms with Crippen LogP contribution in [0.1, 0.15) is 22.0 Å². The summed E-state index contributed by atoms with van der Waals surface area (Å²) < 4.78 is 1.72. The van der Waals surface area contributed by atoms with Gasteiger partial charge in [-0.2, -0.15) is 0 Å². The van der Waals surface area contributed by atoms with Crippen LogP contribution in [0.25, 0.3) is 0 Å². The number of amides is 1. The Kier molecular flexibility index (Phi) is 3.66. The van der Waals surface area contributed by atoms with Crippen LogP contribution in [0.3, 0.4) is 0 Å². The number of nitrogens with one attached hydrogen (secondary N) is 2. The lowest BCUT2D eigenvalue weighted by molar-refractivity contribution is 0.0944. The van der Waals surface area contributed by atoms with Crippen LogP contribution in [0.15, 0.2) is 12.4 Å². The molecule has 0 bridgehead atoms. The van der Waals surface area contributed by atoms with Crippen LogP contribution in [0.4, 0.5) is 5.95 Å². The first kappa shape index (κ1) is 12.9. The summed E-state index contributed by atoms with van der Waals surface area (Å²) in [6.45, 7) is 2.02. The summed E-state index contributed by atoms with van der Waals surface area (Å²) in [6, 6.07) is 1.58. The maximum Gasteiger partial charge on any atom is 0.270 e. The van der Waals surface area contributed by atoms with E-state index in [-0.39, 0.29) is 24.1 Å². The highest BCUT2D eigenvalue weighted by molar-refractivity contribution is 5.92. The van der Waals surface area contributed by atoms with E-state index in [2.05, 4.69) is 30.9 Å². The quantitative estimate of drug-likeness (QED) is 0.483. The molecule has 0 aliphatic heterocycles. The number of hydrogen-bond donors (Lipinski definition) is 3. The molecule has 19 heavy (non-hydrogen) atoms. The fourth-order valence-electron chi connectivity index (χ4n) is 1.47. The van der Waals surface area contributed by atoms with Crippen molar-refractivity contribution in [3.63, 3.8) is 0 Å². The van der Waals surface area contributed by atoms with Crippen molar-refractivity contribution in [3.8, 4) is 0 Å². The number of nitrogens with two attached hydrogens (primary N) is 1. The molecule has 0 unspecified atom stereocenters. The second-order valence-electron chi connectivity index (χ2n) is 3.90. The van der Waals surface area contributed by atoms with Gasteiger partial charge in [0, 0.05) is 12.7 Å². The summed E-state index contributed by atoms with van der Waals surface area (Å²) >= 11 is 0. The van der Waals surface area contributed by atoms with Gasteiger partial charge in [0.1, 0.15) is 12.0 Å². The number of aromatic nitrogens is 5. The molecule has 0 aliphatic carbocycles. The van der Waals surface area contributed by atoms with E-state index in [4.69, 9.17) is 5.84 Å². The molecule has 2 rings (SSSR count). The highest BCUT2D eigenvalue weighted by Crippen LogP contribution is 2.04. The molecule has 100 valence electrons. The number of anilines is 1. The third-order valence-corrected chi connectivity index (χ3v) is 2.43. The molecule has 0 saturated carbocycles. The van der Waals surface area contributed by atoms with E-state index in [0.29, 0.717) is 11.5 Å². The molecule has 2 heterocycles. The zero-order valence-corrected chi connectivity index (χ0v) is 10.6. The van der Waals surface area contributed by atoms with E-state index in [1.165, 1.54) is 0 Å². The van der Waals surface area contributed by atoms with Crippen molar-refractivity contribution in [2.24, 2.45) is 12.9 Å². The van der Waals surface area contributed by atoms with Crippen LogP contribution in [0, 0.1) is 6.92 Å². The summed E-state index contributed by atoms with van der Waals surface area (Å²) in [6.07, 6.45) is 1.56. The number of hydrogen-bond acceptors (Lipinski definition) is 7. The van der Waals surface area contributed by atoms with Crippen LogP contribution in [-0.2, 0) is 13.6 Å². The van der Waals surface area contributed by atoms with Gasteiger partial charge in [-0.05, 0) is 13.0 Å². The van der Waals surface area contributed by atoms with E-state index >= 15 is 0 Å². The van der Waals surface area contributed by atoms with E-state index in [0.717, 1.165) is 0 Å². The van der Waals surface area contributed by atoms with Gasteiger partial charge < -0.3 is 9.88 Å². The highest BCUT2D eigenvalue weighted by Gasteiger charge is 2.11. The minimum absolute atomic E-state index is 0.198. The molecule has 9 nitrogen and oxygen atoms in total. The molecule has 4 N–H and O–H groups in total. The summed E-state index contributed by atoms with van der Waals surface area (Å²) in [5.41, 5.74) is 3.20. The monoisotopic (exact) mass is 262 g/mol. The zero-order valence-electron chi connectivity index (χ0n) is 10.6. The standard InChI is InChI=1S/C10H14N8O/c1-6-3-7(15-10(14-6)16-11)9(19)12-4-8-17-13-5-18(8)2/h3,5H,4,11H2,1-2H3,(H,12,19)(H,14,15,16). The molecule has 0 radical (unpaired) electrons. The third-order valence-electron chi connectivity index (χ3n) is 2.43. The molecule has 0 aliphatic rings. The van der Waals surface area contributed by atoms with Gasteiger partial charge in [0.2, 0.25) is 5.95 Å². The van der Waals surface area contributed by atoms with Gasteiger partial charge in [-0.1, -0.05) is 0 Å². The average Bonchev–Trinajstić information content (AvgIpc) is 2.80. The molecule has 2 aromatic rings. The normalized spacial score (nSPS) is 10.3. The Balaban J connectivity index is 2.08. The SMILES string of the molecule is Cc1cc(C(=O)NCc2nncn2C)nc(NN)n1. The van der Waals surface area contributed by atoms with Crippen molar-refractivity contribution >= 4 is 11.9 Å². The van der Waals surface area contributed by atoms with Crippen molar-refractivity contribution in [1.29, 1.82) is 0 Å². The lowest BCUT2D eigenvalue weighted by Crippen LogP contribution is -2.26. The van der Waals surface area contributed by atoms with Gasteiger partial charge >= 0.3 is 0 Å². The highest BCUT2D eigenvalue weighted by atomic mass is 16.1. The molecule has 0 atom stereocenters. The second-order valence-corrected chi connectivity index (χ2v) is 3.90. The Labute approximate surface area is 109 Å². The summed E-state index contributed by atoms with van der Waals surface area (Å²) in [5, 5.41) is 10.3. The maximum absolute atomic E-state index is 11.9. The Morgan fingerprint density at radius 2 is 2.26 bits per heavy atom. The van der Waals surface area contributed by atoms with Crippen molar-refractivity contribution < 1.29 is 4.79 Å². The number of rotatable bonds is 4. The van der Waals surface area contributed by atoms with Gasteiger partial charge in [0.15, 0.2) is 5.82 Å². The Hall–Kier alpha value is -2.55. The number of nitrogen functional groups attached to an aromatic ring is 1. The van der Waals surface area contributed by atoms with Crippen LogP contribution in [0.2, 0.25) is 0 Å². The molecule has 1 amide bonds. The first-order valence-electron chi connectivity index (χ1n) is 5.53. The number of hydrazine groups is 1. The van der Waals surface area contributed by atoms with Gasteiger partial charge in [-0.3, -0.25) is 10.2 Å². The molecular formula is C10H14N8O. The van der Waals surface area contributed by atoms with Crippen LogP contribution in [0.5, 0.6) is 0 Å². The van der Waals surface area contributed by atoms with E-state index in [9.17, 15) is 4.79 Å². The minimum atomic E-state index is -0.329. The summed E-state index contributed by atoms with van der Waals surface area (Å²) in [5.74, 6) is 5.75. The van der Waals surface area contributed by atoms with Gasteiger partial charge in [0.25, 0.3) is 5.91 Å². The van der Waals surface area contributed by atoms with E-state index in [1.807, 2.05) is 0 Å². The first-order chi connectivity index (χ1) is 9.10. The minimum Gasteiger partial charge on any atom is -0.343 e. The largest absolute Gasteiger partial charge is 0.343 e. The Bertz CT molecular complexity index is 593. The van der Waals surface area contributed by atoms with Crippen LogP contribution >= 0.6 is 0 Å². The van der Waals surface area contributed by atoms with Gasteiger partial charge in [0.05, 0.1) is 6.54 Å². The smallest absolute Gasteiger partial charge is 0.270 e. The maximum atomic E-state index is 11.9. The van der Waals surface area contributed by atoms with Crippen molar-refractivity contribution in [2.45, 2.75) is 13.5 Å². The fraction of sp³-hybridized carbons (Fsp3) is 0.300. The third kappa shape index (κ3) is 3.01. The molecule has 0 aromatic carbocycles. The molecule has 2 aromatic heterocycles. The van der Waals surface area contributed by atoms with Crippen molar-refractivity contribution in [2.75, 3.05) is 5.43 Å². The molecule has 0 fully saturated rings. The topological polar surface area (TPSA) is 124 Å². The second kappa shape index (κ2) is 5.40. The average molecular weight is 262 g/mol. The van der Waals surface area contributed by atoms with Crippen LogP contribution in [-0.4, -0.2) is 30.6 Å². The lowest BCUT2D eigenvalue weighted by atomic mass is 10.3. The molecule has 9 heteroatoms. The fourth-order valence-corrected chi connectivity index (χ4v) is 1.47. The molecule has 0 saturated heterocycles. The van der Waals surface area contributed by atoms with E-state index in [1.54, 1.807) is 30.9 Å².